The quantitative estimate of drug-likeness (QED) is 0.922. The molecule has 0 fully saturated rings. The van der Waals surface area contributed by atoms with E-state index < -0.39 is 6.10 Å². The number of amides is 1. The highest BCUT2D eigenvalue weighted by Gasteiger charge is 2.15. The van der Waals surface area contributed by atoms with Crippen molar-refractivity contribution in [1.29, 1.82) is 0 Å². The molecule has 0 aliphatic rings. The SMILES string of the molecule is Cc1cc(Cl)ccc1O[C@@H](C)C(=O)Nc1ccccc1. The first kappa shape index (κ1) is 14.4. The number of para-hydroxylation sites is 1. The third kappa shape index (κ3) is 3.75. The molecule has 104 valence electrons. The first-order valence-electron chi connectivity index (χ1n) is 6.35. The number of carbonyl (C=O) groups is 1. The summed E-state index contributed by atoms with van der Waals surface area (Å²) >= 11 is 5.89. The Labute approximate surface area is 123 Å². The summed E-state index contributed by atoms with van der Waals surface area (Å²) in [5, 5.41) is 3.45. The normalized spacial score (nSPS) is 11.8. The minimum atomic E-state index is -0.588. The van der Waals surface area contributed by atoms with Crippen molar-refractivity contribution in [2.24, 2.45) is 0 Å². The van der Waals surface area contributed by atoms with Gasteiger partial charge in [0.25, 0.3) is 5.91 Å². The summed E-state index contributed by atoms with van der Waals surface area (Å²) in [5.74, 6) is 0.468. The van der Waals surface area contributed by atoms with Crippen molar-refractivity contribution in [2.45, 2.75) is 20.0 Å². The number of rotatable bonds is 4. The van der Waals surface area contributed by atoms with E-state index in [1.165, 1.54) is 0 Å². The standard InChI is InChI=1S/C16H16ClNO2/c1-11-10-13(17)8-9-15(11)20-12(2)16(19)18-14-6-4-3-5-7-14/h3-10,12H,1-2H3,(H,18,19)/t12-/m0/s1. The van der Waals surface area contributed by atoms with E-state index in [0.29, 0.717) is 10.8 Å². The Morgan fingerprint density at radius 3 is 2.55 bits per heavy atom. The smallest absolute Gasteiger partial charge is 0.265 e. The van der Waals surface area contributed by atoms with Gasteiger partial charge in [0.05, 0.1) is 0 Å². The minimum absolute atomic E-state index is 0.189. The van der Waals surface area contributed by atoms with Gasteiger partial charge in [-0.05, 0) is 49.7 Å². The van der Waals surface area contributed by atoms with Crippen molar-refractivity contribution in [3.05, 3.63) is 59.1 Å². The second kappa shape index (κ2) is 6.44. The monoisotopic (exact) mass is 289 g/mol. The van der Waals surface area contributed by atoms with Crippen molar-refractivity contribution >= 4 is 23.2 Å². The first-order valence-corrected chi connectivity index (χ1v) is 6.73. The van der Waals surface area contributed by atoms with Gasteiger partial charge in [0, 0.05) is 10.7 Å². The maximum absolute atomic E-state index is 12.0. The number of ether oxygens (including phenoxy) is 1. The molecule has 0 saturated carbocycles. The van der Waals surface area contributed by atoms with E-state index in [4.69, 9.17) is 16.3 Å². The van der Waals surface area contributed by atoms with Crippen LogP contribution in [0.5, 0.6) is 5.75 Å². The van der Waals surface area contributed by atoms with Crippen LogP contribution in [0.3, 0.4) is 0 Å². The molecule has 2 rings (SSSR count). The molecule has 2 aromatic rings. The summed E-state index contributed by atoms with van der Waals surface area (Å²) in [6, 6.07) is 14.6. The molecule has 2 aromatic carbocycles. The van der Waals surface area contributed by atoms with Crippen LogP contribution in [0.15, 0.2) is 48.5 Å². The molecule has 1 N–H and O–H groups in total. The Balaban J connectivity index is 2.00. The Morgan fingerprint density at radius 2 is 1.90 bits per heavy atom. The van der Waals surface area contributed by atoms with E-state index in [2.05, 4.69) is 5.32 Å². The molecular formula is C16H16ClNO2. The summed E-state index contributed by atoms with van der Waals surface area (Å²) in [6.07, 6.45) is -0.588. The zero-order valence-corrected chi connectivity index (χ0v) is 12.1. The highest BCUT2D eigenvalue weighted by molar-refractivity contribution is 6.30. The number of hydrogen-bond acceptors (Lipinski definition) is 2. The molecule has 1 amide bonds. The zero-order chi connectivity index (χ0) is 14.5. The summed E-state index contributed by atoms with van der Waals surface area (Å²) in [6.45, 7) is 3.61. The van der Waals surface area contributed by atoms with E-state index >= 15 is 0 Å². The van der Waals surface area contributed by atoms with Gasteiger partial charge in [0.2, 0.25) is 0 Å². The summed E-state index contributed by atoms with van der Waals surface area (Å²) in [5.41, 5.74) is 1.65. The predicted octanol–water partition coefficient (Wildman–Crippen LogP) is 4.05. The molecule has 3 nitrogen and oxygen atoms in total. The van der Waals surface area contributed by atoms with Gasteiger partial charge in [-0.15, -0.1) is 0 Å². The van der Waals surface area contributed by atoms with Crippen LogP contribution >= 0.6 is 11.6 Å². The molecule has 0 heterocycles. The summed E-state index contributed by atoms with van der Waals surface area (Å²) < 4.78 is 5.66. The largest absolute Gasteiger partial charge is 0.481 e. The number of nitrogens with one attached hydrogen (secondary N) is 1. The van der Waals surface area contributed by atoms with E-state index in [9.17, 15) is 4.79 Å². The number of aryl methyl sites for hydroxylation is 1. The van der Waals surface area contributed by atoms with Crippen LogP contribution in [0.2, 0.25) is 5.02 Å². The predicted molar refractivity (Wildman–Crippen MR) is 81.4 cm³/mol. The molecule has 0 aliphatic carbocycles. The van der Waals surface area contributed by atoms with E-state index in [1.807, 2.05) is 37.3 Å². The second-order valence-electron chi connectivity index (χ2n) is 4.53. The molecule has 20 heavy (non-hydrogen) atoms. The van der Waals surface area contributed by atoms with E-state index in [-0.39, 0.29) is 5.91 Å². The molecule has 0 aromatic heterocycles. The van der Waals surface area contributed by atoms with Crippen LogP contribution in [0.1, 0.15) is 12.5 Å². The Kier molecular flexibility index (Phi) is 4.64. The van der Waals surface area contributed by atoms with Crippen molar-refractivity contribution in [3.63, 3.8) is 0 Å². The Morgan fingerprint density at radius 1 is 1.20 bits per heavy atom. The topological polar surface area (TPSA) is 38.3 Å². The van der Waals surface area contributed by atoms with Crippen LogP contribution in [-0.2, 0) is 4.79 Å². The zero-order valence-electron chi connectivity index (χ0n) is 11.4. The molecule has 0 unspecified atom stereocenters. The number of hydrogen-bond donors (Lipinski definition) is 1. The number of benzene rings is 2. The molecule has 4 heteroatoms. The van der Waals surface area contributed by atoms with Crippen molar-refractivity contribution in [3.8, 4) is 5.75 Å². The highest BCUT2D eigenvalue weighted by atomic mass is 35.5. The van der Waals surface area contributed by atoms with Crippen molar-refractivity contribution < 1.29 is 9.53 Å². The molecule has 1 atom stereocenters. The van der Waals surface area contributed by atoms with Crippen LogP contribution in [0, 0.1) is 6.92 Å². The lowest BCUT2D eigenvalue weighted by atomic mass is 10.2. The molecule has 0 radical (unpaired) electrons. The highest BCUT2D eigenvalue weighted by Crippen LogP contribution is 2.23. The maximum Gasteiger partial charge on any atom is 0.265 e. The van der Waals surface area contributed by atoms with Crippen LogP contribution in [0.25, 0.3) is 0 Å². The number of anilines is 1. The lowest BCUT2D eigenvalue weighted by Crippen LogP contribution is -2.30. The average Bonchev–Trinajstić information content (AvgIpc) is 2.43. The van der Waals surface area contributed by atoms with Gasteiger partial charge in [-0.1, -0.05) is 29.8 Å². The third-order valence-electron chi connectivity index (χ3n) is 2.85. The Bertz CT molecular complexity index is 599. The number of carbonyl (C=O) groups excluding carboxylic acids is 1. The van der Waals surface area contributed by atoms with Gasteiger partial charge >= 0.3 is 0 Å². The van der Waals surface area contributed by atoms with Gasteiger partial charge in [0.15, 0.2) is 6.10 Å². The van der Waals surface area contributed by atoms with E-state index in [0.717, 1.165) is 11.3 Å². The third-order valence-corrected chi connectivity index (χ3v) is 3.09. The van der Waals surface area contributed by atoms with Gasteiger partial charge in [-0.3, -0.25) is 4.79 Å². The average molecular weight is 290 g/mol. The fourth-order valence-electron chi connectivity index (χ4n) is 1.75. The first-order chi connectivity index (χ1) is 9.56. The van der Waals surface area contributed by atoms with Gasteiger partial charge < -0.3 is 10.1 Å². The lowest BCUT2D eigenvalue weighted by molar-refractivity contribution is -0.122. The van der Waals surface area contributed by atoms with E-state index in [1.54, 1.807) is 25.1 Å². The maximum atomic E-state index is 12.0. The molecule has 0 saturated heterocycles. The lowest BCUT2D eigenvalue weighted by Gasteiger charge is -2.16. The summed E-state index contributed by atoms with van der Waals surface area (Å²) in [4.78, 5) is 12.0. The number of halogens is 1. The van der Waals surface area contributed by atoms with Gasteiger partial charge in [-0.25, -0.2) is 0 Å². The Hall–Kier alpha value is -2.00. The van der Waals surface area contributed by atoms with Crippen molar-refractivity contribution in [1.82, 2.24) is 0 Å². The van der Waals surface area contributed by atoms with Crippen LogP contribution < -0.4 is 10.1 Å². The second-order valence-corrected chi connectivity index (χ2v) is 4.96. The van der Waals surface area contributed by atoms with Crippen molar-refractivity contribution in [2.75, 3.05) is 5.32 Å². The fraction of sp³-hybridized carbons (Fsp3) is 0.188. The molecular weight excluding hydrogens is 274 g/mol. The van der Waals surface area contributed by atoms with Crippen LogP contribution in [0.4, 0.5) is 5.69 Å². The molecule has 0 spiro atoms. The molecule has 0 bridgehead atoms. The van der Waals surface area contributed by atoms with Gasteiger partial charge in [0.1, 0.15) is 5.75 Å². The molecule has 0 aliphatic heterocycles. The van der Waals surface area contributed by atoms with Crippen LogP contribution in [-0.4, -0.2) is 12.0 Å². The minimum Gasteiger partial charge on any atom is -0.481 e. The summed E-state index contributed by atoms with van der Waals surface area (Å²) in [7, 11) is 0. The fourth-order valence-corrected chi connectivity index (χ4v) is 1.98. The van der Waals surface area contributed by atoms with Gasteiger partial charge in [-0.2, -0.15) is 0 Å².